The van der Waals surface area contributed by atoms with Gasteiger partial charge in [-0.05, 0) is 61.2 Å². The van der Waals surface area contributed by atoms with Gasteiger partial charge in [0.05, 0.1) is 41.4 Å². The van der Waals surface area contributed by atoms with Gasteiger partial charge in [-0.2, -0.15) is 0 Å². The van der Waals surface area contributed by atoms with Gasteiger partial charge in [0.2, 0.25) is 0 Å². The standard InChI is InChI=1S/C26H25Cl2NO4S/c1-32-20-13-11-18(12-14-20)6-2-3-15-33-16-21(26(30)31)24-10-4-7-19(29-24)17-34-25-22(27)8-5-9-23(25)28/h4-5,7-14,16H,2-3,6,15,17H2,1H3,(H,30,31). The molecule has 3 rings (SSSR count). The lowest BCUT2D eigenvalue weighted by atomic mass is 10.1. The molecular formula is C26H25Cl2NO4S. The highest BCUT2D eigenvalue weighted by atomic mass is 35.5. The molecule has 0 saturated heterocycles. The van der Waals surface area contributed by atoms with E-state index in [1.165, 1.54) is 23.6 Å². The van der Waals surface area contributed by atoms with Crippen LogP contribution in [0.4, 0.5) is 0 Å². The lowest BCUT2D eigenvalue weighted by molar-refractivity contribution is -0.130. The Balaban J connectivity index is 1.54. The highest BCUT2D eigenvalue weighted by Gasteiger charge is 2.14. The van der Waals surface area contributed by atoms with Crippen molar-refractivity contribution in [2.45, 2.75) is 29.9 Å². The van der Waals surface area contributed by atoms with Crippen LogP contribution in [0.5, 0.6) is 5.75 Å². The number of carbonyl (C=O) groups is 1. The zero-order valence-corrected chi connectivity index (χ0v) is 21.0. The van der Waals surface area contributed by atoms with E-state index in [4.69, 9.17) is 32.7 Å². The maximum absolute atomic E-state index is 11.8. The maximum atomic E-state index is 11.8. The lowest BCUT2D eigenvalue weighted by Crippen LogP contribution is -2.04. The molecule has 8 heteroatoms. The predicted octanol–water partition coefficient (Wildman–Crippen LogP) is 7.15. The molecular weight excluding hydrogens is 493 g/mol. The number of methoxy groups -OCH3 is 1. The molecule has 0 unspecified atom stereocenters. The van der Waals surface area contributed by atoms with Crippen LogP contribution < -0.4 is 4.74 Å². The number of nitrogens with zero attached hydrogens (tertiary/aromatic N) is 1. The van der Waals surface area contributed by atoms with Crippen LogP contribution in [0.25, 0.3) is 5.57 Å². The van der Waals surface area contributed by atoms with E-state index in [1.807, 2.05) is 30.3 Å². The van der Waals surface area contributed by atoms with Crippen LogP contribution in [0.15, 0.2) is 71.8 Å². The van der Waals surface area contributed by atoms with Gasteiger partial charge in [0.15, 0.2) is 0 Å². The largest absolute Gasteiger partial charge is 0.500 e. The van der Waals surface area contributed by atoms with Gasteiger partial charge in [0.1, 0.15) is 11.3 Å². The van der Waals surface area contributed by atoms with Crippen molar-refractivity contribution in [2.75, 3.05) is 13.7 Å². The zero-order valence-electron chi connectivity index (χ0n) is 18.7. The first-order valence-electron chi connectivity index (χ1n) is 10.7. The molecule has 3 aromatic rings. The predicted molar refractivity (Wildman–Crippen MR) is 138 cm³/mol. The molecule has 0 spiro atoms. The topological polar surface area (TPSA) is 68.7 Å². The normalized spacial score (nSPS) is 11.3. The summed E-state index contributed by atoms with van der Waals surface area (Å²) >= 11 is 13.9. The quantitative estimate of drug-likeness (QED) is 0.119. The van der Waals surface area contributed by atoms with Crippen LogP contribution in [0.2, 0.25) is 10.0 Å². The maximum Gasteiger partial charge on any atom is 0.341 e. The number of carboxylic acid groups (broad SMARTS) is 1. The Bertz CT molecular complexity index is 1120. The average molecular weight is 518 g/mol. The molecule has 0 saturated carbocycles. The van der Waals surface area contributed by atoms with E-state index in [9.17, 15) is 9.90 Å². The van der Waals surface area contributed by atoms with Crippen molar-refractivity contribution in [3.8, 4) is 5.75 Å². The number of ether oxygens (including phenoxy) is 2. The monoisotopic (exact) mass is 517 g/mol. The molecule has 1 aromatic heterocycles. The Morgan fingerprint density at radius 2 is 1.74 bits per heavy atom. The van der Waals surface area contributed by atoms with E-state index >= 15 is 0 Å². The minimum Gasteiger partial charge on any atom is -0.500 e. The molecule has 178 valence electrons. The molecule has 0 radical (unpaired) electrons. The van der Waals surface area contributed by atoms with Gasteiger partial charge in [-0.3, -0.25) is 4.98 Å². The number of hydrogen-bond donors (Lipinski definition) is 1. The summed E-state index contributed by atoms with van der Waals surface area (Å²) in [6.45, 7) is 0.424. The van der Waals surface area contributed by atoms with Gasteiger partial charge >= 0.3 is 5.97 Å². The molecule has 5 nitrogen and oxygen atoms in total. The van der Waals surface area contributed by atoms with E-state index in [2.05, 4.69) is 4.98 Å². The number of rotatable bonds is 12. The highest BCUT2D eigenvalue weighted by molar-refractivity contribution is 7.98. The van der Waals surface area contributed by atoms with E-state index in [0.717, 1.165) is 29.9 Å². The van der Waals surface area contributed by atoms with Crippen LogP contribution in [-0.4, -0.2) is 29.8 Å². The van der Waals surface area contributed by atoms with Crippen LogP contribution in [0.1, 0.15) is 29.8 Å². The number of halogens is 2. The van der Waals surface area contributed by atoms with Gasteiger partial charge in [-0.1, -0.05) is 47.5 Å². The number of hydrogen-bond acceptors (Lipinski definition) is 5. The molecule has 0 amide bonds. The van der Waals surface area contributed by atoms with Gasteiger partial charge in [0.25, 0.3) is 0 Å². The smallest absolute Gasteiger partial charge is 0.341 e. The Hall–Kier alpha value is -2.67. The fraction of sp³-hybridized carbons (Fsp3) is 0.231. The number of unbranched alkanes of at least 4 members (excludes halogenated alkanes) is 1. The van der Waals surface area contributed by atoms with Crippen LogP contribution in [0, 0.1) is 0 Å². The summed E-state index contributed by atoms with van der Waals surface area (Å²) < 4.78 is 10.7. The molecule has 0 aliphatic carbocycles. The number of benzene rings is 2. The van der Waals surface area contributed by atoms with Crippen molar-refractivity contribution in [3.63, 3.8) is 0 Å². The molecule has 34 heavy (non-hydrogen) atoms. The lowest BCUT2D eigenvalue weighted by Gasteiger charge is -2.08. The summed E-state index contributed by atoms with van der Waals surface area (Å²) in [6.07, 6.45) is 3.93. The van der Waals surface area contributed by atoms with Gasteiger partial charge in [-0.25, -0.2) is 4.79 Å². The van der Waals surface area contributed by atoms with Crippen molar-refractivity contribution in [1.29, 1.82) is 0 Å². The second-order valence-electron chi connectivity index (χ2n) is 7.37. The van der Waals surface area contributed by atoms with Crippen molar-refractivity contribution in [2.24, 2.45) is 0 Å². The summed E-state index contributed by atoms with van der Waals surface area (Å²) in [7, 11) is 1.65. The van der Waals surface area contributed by atoms with E-state index in [1.54, 1.807) is 37.4 Å². The summed E-state index contributed by atoms with van der Waals surface area (Å²) in [4.78, 5) is 17.1. The summed E-state index contributed by atoms with van der Waals surface area (Å²) in [5, 5.41) is 10.8. The number of aliphatic carboxylic acids is 1. The SMILES string of the molecule is COc1ccc(CCCCOC=C(C(=O)O)c2cccc(CSc3c(Cl)cccc3Cl)n2)cc1. The van der Waals surface area contributed by atoms with Crippen molar-refractivity contribution in [1.82, 2.24) is 4.98 Å². The van der Waals surface area contributed by atoms with Crippen molar-refractivity contribution < 1.29 is 19.4 Å². The number of pyridine rings is 1. The summed E-state index contributed by atoms with van der Waals surface area (Å²) in [5.74, 6) is 0.239. The third kappa shape index (κ3) is 7.69. The van der Waals surface area contributed by atoms with E-state index in [-0.39, 0.29) is 5.57 Å². The summed E-state index contributed by atoms with van der Waals surface area (Å²) in [5.41, 5.74) is 2.29. The average Bonchev–Trinajstić information content (AvgIpc) is 2.83. The first-order chi connectivity index (χ1) is 16.5. The molecule has 1 N–H and O–H groups in total. The molecule has 0 atom stereocenters. The Morgan fingerprint density at radius 1 is 1.03 bits per heavy atom. The summed E-state index contributed by atoms with van der Waals surface area (Å²) in [6, 6.07) is 18.6. The van der Waals surface area contributed by atoms with Gasteiger partial charge in [-0.15, -0.1) is 11.8 Å². The molecule has 0 fully saturated rings. The minimum absolute atomic E-state index is 0.0118. The van der Waals surface area contributed by atoms with Crippen LogP contribution in [-0.2, 0) is 21.7 Å². The van der Waals surface area contributed by atoms with Crippen LogP contribution >= 0.6 is 35.0 Å². The van der Waals surface area contributed by atoms with Gasteiger partial charge in [0, 0.05) is 10.6 Å². The van der Waals surface area contributed by atoms with E-state index in [0.29, 0.717) is 33.8 Å². The number of aryl methyl sites for hydroxylation is 1. The molecule has 0 bridgehead atoms. The number of thioether (sulfide) groups is 1. The fourth-order valence-electron chi connectivity index (χ4n) is 3.15. The molecule has 1 heterocycles. The molecule has 0 aliphatic heterocycles. The third-order valence-electron chi connectivity index (χ3n) is 4.93. The van der Waals surface area contributed by atoms with Crippen molar-refractivity contribution in [3.05, 3.63) is 93.9 Å². The van der Waals surface area contributed by atoms with E-state index < -0.39 is 5.97 Å². The Morgan fingerprint density at radius 3 is 2.41 bits per heavy atom. The highest BCUT2D eigenvalue weighted by Crippen LogP contribution is 2.35. The zero-order chi connectivity index (χ0) is 24.3. The molecule has 2 aromatic carbocycles. The first kappa shape index (κ1) is 25.9. The number of carboxylic acids is 1. The van der Waals surface area contributed by atoms with Crippen LogP contribution in [0.3, 0.4) is 0 Å². The van der Waals surface area contributed by atoms with Gasteiger partial charge < -0.3 is 14.6 Å². The minimum atomic E-state index is -1.09. The van der Waals surface area contributed by atoms with Crippen molar-refractivity contribution >= 4 is 46.5 Å². The molecule has 0 aliphatic rings. The third-order valence-corrected chi connectivity index (χ3v) is 6.96. The Labute approximate surface area is 213 Å². The fourth-order valence-corrected chi connectivity index (χ4v) is 4.74. The second kappa shape index (κ2) is 13.3. The number of aromatic nitrogens is 1. The second-order valence-corrected chi connectivity index (χ2v) is 9.17. The first-order valence-corrected chi connectivity index (χ1v) is 12.4. The Kier molecular flexibility index (Phi) is 10.1.